The van der Waals surface area contributed by atoms with Gasteiger partial charge in [-0.05, 0) is 48.9 Å². The van der Waals surface area contributed by atoms with Crippen molar-refractivity contribution in [2.45, 2.75) is 12.8 Å². The van der Waals surface area contributed by atoms with Crippen LogP contribution in [0.4, 0.5) is 11.5 Å². The van der Waals surface area contributed by atoms with E-state index in [0.29, 0.717) is 13.0 Å². The maximum Gasteiger partial charge on any atom is 0.142 e. The fourth-order valence-corrected chi connectivity index (χ4v) is 3.07. The maximum atomic E-state index is 5.61. The van der Waals surface area contributed by atoms with E-state index in [4.69, 9.17) is 15.5 Å². The molecule has 0 aliphatic heterocycles. The third-order valence-corrected chi connectivity index (χ3v) is 4.44. The Morgan fingerprint density at radius 3 is 2.78 bits per heavy atom. The van der Waals surface area contributed by atoms with E-state index in [1.807, 2.05) is 37.3 Å². The molecule has 0 atom stereocenters. The van der Waals surface area contributed by atoms with Gasteiger partial charge in [-0.25, -0.2) is 4.98 Å². The summed E-state index contributed by atoms with van der Waals surface area (Å²) in [5.41, 5.74) is 9.72. The van der Waals surface area contributed by atoms with Gasteiger partial charge in [-0.15, -0.1) is 0 Å². The fraction of sp³-hybridized carbons (Fsp3) is 0.333. The van der Waals surface area contributed by atoms with Gasteiger partial charge in [0.25, 0.3) is 0 Å². The normalized spacial score (nSPS) is 10.8. The highest BCUT2D eigenvalue weighted by Gasteiger charge is 2.10. The van der Waals surface area contributed by atoms with Crippen LogP contribution in [0.5, 0.6) is 5.75 Å². The molecule has 0 aliphatic rings. The van der Waals surface area contributed by atoms with Crippen molar-refractivity contribution in [3.05, 3.63) is 53.9 Å². The van der Waals surface area contributed by atoms with Crippen molar-refractivity contribution in [1.82, 2.24) is 9.97 Å². The monoisotopic (exact) mass is 365 g/mol. The first kappa shape index (κ1) is 18.9. The predicted octanol–water partition coefficient (Wildman–Crippen LogP) is 3.06. The Morgan fingerprint density at radius 2 is 2.04 bits per heavy atom. The lowest BCUT2D eigenvalue weighted by Gasteiger charge is -2.17. The Morgan fingerprint density at radius 1 is 1.19 bits per heavy atom. The van der Waals surface area contributed by atoms with Crippen molar-refractivity contribution in [1.29, 1.82) is 0 Å². The maximum absolute atomic E-state index is 5.61. The Labute approximate surface area is 160 Å². The van der Waals surface area contributed by atoms with Crippen LogP contribution in [-0.2, 0) is 6.42 Å². The number of nitrogens with one attached hydrogen (secondary N) is 1. The van der Waals surface area contributed by atoms with E-state index in [1.54, 1.807) is 7.11 Å². The zero-order valence-corrected chi connectivity index (χ0v) is 16.2. The highest BCUT2D eigenvalue weighted by Crippen LogP contribution is 2.29. The van der Waals surface area contributed by atoms with Gasteiger partial charge in [0.1, 0.15) is 11.6 Å². The summed E-state index contributed by atoms with van der Waals surface area (Å²) < 4.78 is 5.55. The third-order valence-electron chi connectivity index (χ3n) is 4.44. The molecule has 1 aromatic carbocycles. The van der Waals surface area contributed by atoms with Gasteiger partial charge in [-0.3, -0.25) is 4.98 Å². The molecule has 142 valence electrons. The zero-order valence-electron chi connectivity index (χ0n) is 16.2. The van der Waals surface area contributed by atoms with E-state index in [1.165, 1.54) is 0 Å². The topological polar surface area (TPSA) is 76.3 Å². The standard InChI is InChI=1S/C21H27N5O/c1-26(2)19-8-7-15(13-20(19)27-3)12-16-14-18-17(6-4-10-23-18)21(25-16)24-11-5-9-22/h4,6-8,10,13-14H,5,9,11-12,22H2,1-3H3,(H,24,25). The third kappa shape index (κ3) is 4.46. The number of aromatic nitrogens is 2. The second kappa shape index (κ2) is 8.68. The van der Waals surface area contributed by atoms with Crippen LogP contribution in [0, 0.1) is 0 Å². The highest BCUT2D eigenvalue weighted by molar-refractivity contribution is 5.89. The molecular weight excluding hydrogens is 338 g/mol. The van der Waals surface area contributed by atoms with Gasteiger partial charge in [0.2, 0.25) is 0 Å². The summed E-state index contributed by atoms with van der Waals surface area (Å²) in [5.74, 6) is 1.72. The molecule has 3 N–H and O–H groups in total. The molecule has 0 amide bonds. The molecule has 0 fully saturated rings. The number of benzene rings is 1. The summed E-state index contributed by atoms with van der Waals surface area (Å²) in [6, 6.07) is 12.3. The number of methoxy groups -OCH3 is 1. The van der Waals surface area contributed by atoms with Crippen molar-refractivity contribution in [2.24, 2.45) is 5.73 Å². The summed E-state index contributed by atoms with van der Waals surface area (Å²) in [6.45, 7) is 1.45. The molecule has 3 aromatic rings. The second-order valence-electron chi connectivity index (χ2n) is 6.68. The Kier molecular flexibility index (Phi) is 6.08. The van der Waals surface area contributed by atoms with Crippen LogP contribution in [-0.4, -0.2) is 44.3 Å². The van der Waals surface area contributed by atoms with E-state index >= 15 is 0 Å². The Bertz CT molecular complexity index is 910. The molecular formula is C21H27N5O. The molecule has 0 bridgehead atoms. The van der Waals surface area contributed by atoms with Crippen LogP contribution in [0.3, 0.4) is 0 Å². The summed E-state index contributed by atoms with van der Waals surface area (Å²) in [4.78, 5) is 11.4. The number of fused-ring (bicyclic) bond motifs is 1. The number of ether oxygens (including phenoxy) is 1. The lowest BCUT2D eigenvalue weighted by Crippen LogP contribution is -2.11. The molecule has 27 heavy (non-hydrogen) atoms. The van der Waals surface area contributed by atoms with E-state index in [9.17, 15) is 0 Å². The average Bonchev–Trinajstić information content (AvgIpc) is 2.67. The Balaban J connectivity index is 1.92. The van der Waals surface area contributed by atoms with Gasteiger partial charge < -0.3 is 20.7 Å². The average molecular weight is 365 g/mol. The fourth-order valence-electron chi connectivity index (χ4n) is 3.07. The van der Waals surface area contributed by atoms with Gasteiger partial charge in [0.15, 0.2) is 0 Å². The predicted molar refractivity (Wildman–Crippen MR) is 112 cm³/mol. The van der Waals surface area contributed by atoms with Gasteiger partial charge >= 0.3 is 0 Å². The van der Waals surface area contributed by atoms with E-state index in [2.05, 4.69) is 34.6 Å². The molecule has 3 rings (SSSR count). The number of hydrogen-bond donors (Lipinski definition) is 2. The first-order valence-corrected chi connectivity index (χ1v) is 9.15. The molecule has 0 unspecified atom stereocenters. The molecule has 2 heterocycles. The first-order valence-electron chi connectivity index (χ1n) is 9.15. The van der Waals surface area contributed by atoms with E-state index < -0.39 is 0 Å². The molecule has 0 aliphatic carbocycles. The summed E-state index contributed by atoms with van der Waals surface area (Å²) in [5, 5.41) is 4.43. The Hall–Kier alpha value is -2.86. The van der Waals surface area contributed by atoms with Crippen LogP contribution in [0.1, 0.15) is 17.7 Å². The quantitative estimate of drug-likeness (QED) is 0.598. The van der Waals surface area contributed by atoms with E-state index in [-0.39, 0.29) is 0 Å². The minimum absolute atomic E-state index is 0.654. The number of pyridine rings is 2. The molecule has 2 aromatic heterocycles. The second-order valence-corrected chi connectivity index (χ2v) is 6.68. The highest BCUT2D eigenvalue weighted by atomic mass is 16.5. The van der Waals surface area contributed by atoms with Crippen molar-refractivity contribution in [3.63, 3.8) is 0 Å². The van der Waals surface area contributed by atoms with Crippen molar-refractivity contribution >= 4 is 22.4 Å². The molecule has 0 saturated carbocycles. The minimum atomic E-state index is 0.654. The van der Waals surface area contributed by atoms with Crippen molar-refractivity contribution in [2.75, 3.05) is 44.5 Å². The summed E-state index contributed by atoms with van der Waals surface area (Å²) in [6.07, 6.45) is 3.42. The van der Waals surface area contributed by atoms with Crippen LogP contribution >= 0.6 is 0 Å². The zero-order chi connectivity index (χ0) is 19.2. The number of nitrogens with zero attached hydrogens (tertiary/aromatic N) is 3. The van der Waals surface area contributed by atoms with Crippen LogP contribution in [0.25, 0.3) is 10.9 Å². The number of nitrogens with two attached hydrogens (primary N) is 1. The smallest absolute Gasteiger partial charge is 0.142 e. The van der Waals surface area contributed by atoms with Gasteiger partial charge in [-0.1, -0.05) is 6.07 Å². The van der Waals surface area contributed by atoms with Gasteiger partial charge in [0.05, 0.1) is 18.3 Å². The lowest BCUT2D eigenvalue weighted by molar-refractivity contribution is 0.415. The number of anilines is 2. The van der Waals surface area contributed by atoms with E-state index in [0.717, 1.165) is 52.4 Å². The summed E-state index contributed by atoms with van der Waals surface area (Å²) >= 11 is 0. The lowest BCUT2D eigenvalue weighted by atomic mass is 10.1. The van der Waals surface area contributed by atoms with Gasteiger partial charge in [0, 0.05) is 44.3 Å². The minimum Gasteiger partial charge on any atom is -0.495 e. The first-order chi connectivity index (χ1) is 13.1. The van der Waals surface area contributed by atoms with Crippen molar-refractivity contribution < 1.29 is 4.74 Å². The molecule has 0 radical (unpaired) electrons. The van der Waals surface area contributed by atoms with Crippen molar-refractivity contribution in [3.8, 4) is 5.75 Å². The van der Waals surface area contributed by atoms with Gasteiger partial charge in [-0.2, -0.15) is 0 Å². The molecule has 0 spiro atoms. The summed E-state index contributed by atoms with van der Waals surface area (Å²) in [7, 11) is 5.71. The van der Waals surface area contributed by atoms with Crippen LogP contribution in [0.2, 0.25) is 0 Å². The van der Waals surface area contributed by atoms with Crippen LogP contribution < -0.4 is 20.7 Å². The molecule has 6 nitrogen and oxygen atoms in total. The molecule has 6 heteroatoms. The molecule has 0 saturated heterocycles. The number of hydrogen-bond acceptors (Lipinski definition) is 6. The number of rotatable bonds is 8. The SMILES string of the molecule is COc1cc(Cc2cc3ncccc3c(NCCCN)n2)ccc1N(C)C. The largest absolute Gasteiger partial charge is 0.495 e. The van der Waals surface area contributed by atoms with Crippen LogP contribution in [0.15, 0.2) is 42.6 Å².